The monoisotopic (exact) mass is 658 g/mol. The van der Waals surface area contributed by atoms with Crippen LogP contribution in [0.15, 0.2) is 47.1 Å². The lowest BCUT2D eigenvalue weighted by Gasteiger charge is -2.49. The number of carbonyl (C=O) groups is 1. The van der Waals surface area contributed by atoms with Gasteiger partial charge in [0.15, 0.2) is 14.1 Å². The predicted molar refractivity (Wildman–Crippen MR) is 186 cm³/mol. The molecule has 0 radical (unpaired) electrons. The van der Waals surface area contributed by atoms with Crippen LogP contribution in [0.1, 0.15) is 100 Å². The Morgan fingerprint density at radius 3 is 2.46 bits per heavy atom. The largest absolute Gasteiger partial charge is 0.462 e. The number of methoxy groups -OCH3 is 1. The van der Waals surface area contributed by atoms with Gasteiger partial charge in [-0.3, -0.25) is 4.79 Å². The average Bonchev–Trinajstić information content (AvgIpc) is 2.95. The summed E-state index contributed by atoms with van der Waals surface area (Å²) in [6, 6.07) is 0. The van der Waals surface area contributed by atoms with E-state index >= 15 is 0 Å². The van der Waals surface area contributed by atoms with E-state index in [1.165, 1.54) is 5.57 Å². The highest BCUT2D eigenvalue weighted by Crippen LogP contribution is 2.45. The van der Waals surface area contributed by atoms with Crippen LogP contribution in [0.5, 0.6) is 0 Å². The number of rotatable bonds is 4. The van der Waals surface area contributed by atoms with Gasteiger partial charge >= 0.3 is 5.97 Å². The number of hydrogen-bond donors (Lipinski definition) is 1. The first-order valence-electron chi connectivity index (χ1n) is 17.5. The van der Waals surface area contributed by atoms with Crippen molar-refractivity contribution in [3.05, 3.63) is 47.1 Å². The third-order valence-corrected chi connectivity index (χ3v) is 15.9. The van der Waals surface area contributed by atoms with Crippen LogP contribution in [-0.2, 0) is 28.2 Å². The normalized spacial score (nSPS) is 41.3. The molecular formula is C38H62O7Si. The quantitative estimate of drug-likeness (QED) is 0.185. The van der Waals surface area contributed by atoms with Crippen LogP contribution >= 0.6 is 0 Å². The summed E-state index contributed by atoms with van der Waals surface area (Å²) < 4.78 is 32.3. The van der Waals surface area contributed by atoms with Gasteiger partial charge in [0.1, 0.15) is 17.6 Å². The standard InChI is InChI=1S/C38H62O7Si/c1-25-13-12-14-30(24-42-46(10,11)36(6,7)8)38(40)23-34(41-9)28(4)20-33(38)35(39)43-32-21-31(16-15-26(2)19-25)45-37(22-32)18-17-27(3)29(5)44-37/h12-15,20,25,27,29,31-34,40H,16-19,21-24H2,1-11H3/b13-12+,26-15+,30-14+/t25-,27-,29+,31+,32-,33-,34-,37-,38+/m0/s1. The lowest BCUT2D eigenvalue weighted by molar-refractivity contribution is -0.332. The molecule has 0 aromatic rings. The maximum absolute atomic E-state index is 14.3. The van der Waals surface area contributed by atoms with Crippen molar-refractivity contribution in [2.45, 2.75) is 154 Å². The first kappa shape index (κ1) is 37.3. The Hall–Kier alpha value is -1.55. The number of aliphatic hydroxyl groups is 1. The van der Waals surface area contributed by atoms with E-state index in [9.17, 15) is 9.90 Å². The Labute approximate surface area is 279 Å². The minimum Gasteiger partial charge on any atom is -0.462 e. The first-order valence-corrected chi connectivity index (χ1v) is 20.5. The van der Waals surface area contributed by atoms with Gasteiger partial charge in [-0.25, -0.2) is 0 Å². The summed E-state index contributed by atoms with van der Waals surface area (Å²) in [5.74, 6) is -1.38. The van der Waals surface area contributed by atoms with Crippen LogP contribution < -0.4 is 0 Å². The summed E-state index contributed by atoms with van der Waals surface area (Å²) in [5.41, 5.74) is 1.34. The Bertz CT molecular complexity index is 1210. The van der Waals surface area contributed by atoms with Gasteiger partial charge in [-0.2, -0.15) is 0 Å². The molecule has 1 spiro atoms. The summed E-state index contributed by atoms with van der Waals surface area (Å²) in [6.07, 6.45) is 14.2. The molecule has 3 heterocycles. The highest BCUT2D eigenvalue weighted by atomic mass is 28.4. The topological polar surface area (TPSA) is 83.5 Å². The van der Waals surface area contributed by atoms with Crippen molar-refractivity contribution in [3.8, 4) is 0 Å². The minimum absolute atomic E-state index is 0.00874. The fourth-order valence-corrected chi connectivity index (χ4v) is 8.06. The third kappa shape index (κ3) is 8.53. The van der Waals surface area contributed by atoms with Crippen molar-refractivity contribution in [1.29, 1.82) is 0 Å². The molecule has 260 valence electrons. The lowest BCUT2D eigenvalue weighted by Crippen LogP contribution is -2.55. The number of ether oxygens (including phenoxy) is 4. The molecule has 0 unspecified atom stereocenters. The van der Waals surface area contributed by atoms with E-state index in [0.29, 0.717) is 24.3 Å². The minimum atomic E-state index is -2.18. The molecule has 1 aliphatic carbocycles. The molecule has 2 bridgehead atoms. The van der Waals surface area contributed by atoms with Crippen LogP contribution in [0, 0.1) is 17.8 Å². The lowest BCUT2D eigenvalue weighted by atomic mass is 9.71. The van der Waals surface area contributed by atoms with Crippen LogP contribution in [0.25, 0.3) is 0 Å². The molecule has 0 amide bonds. The van der Waals surface area contributed by atoms with E-state index in [2.05, 4.69) is 73.7 Å². The number of allylic oxidation sites excluding steroid dienone is 4. The highest BCUT2D eigenvalue weighted by molar-refractivity contribution is 6.74. The summed E-state index contributed by atoms with van der Waals surface area (Å²) in [4.78, 5) is 14.3. The van der Waals surface area contributed by atoms with E-state index in [0.717, 1.165) is 31.3 Å². The predicted octanol–water partition coefficient (Wildman–Crippen LogP) is 8.20. The molecular weight excluding hydrogens is 596 g/mol. The highest BCUT2D eigenvalue weighted by Gasteiger charge is 2.52. The fraction of sp³-hybridized carbons (Fsp3) is 0.763. The van der Waals surface area contributed by atoms with Crippen LogP contribution in [0.4, 0.5) is 0 Å². The van der Waals surface area contributed by atoms with Gasteiger partial charge in [0, 0.05) is 32.8 Å². The Kier molecular flexibility index (Phi) is 11.8. The maximum atomic E-state index is 14.3. The van der Waals surface area contributed by atoms with Gasteiger partial charge in [0.2, 0.25) is 0 Å². The van der Waals surface area contributed by atoms with Crippen molar-refractivity contribution in [2.24, 2.45) is 17.8 Å². The molecule has 0 saturated carbocycles. The number of hydrogen-bond acceptors (Lipinski definition) is 7. The van der Waals surface area contributed by atoms with E-state index < -0.39 is 31.6 Å². The summed E-state index contributed by atoms with van der Waals surface area (Å²) in [6.45, 7) is 21.9. The molecule has 8 heteroatoms. The van der Waals surface area contributed by atoms with Gasteiger partial charge in [-0.05, 0) is 81.1 Å². The molecule has 2 saturated heterocycles. The van der Waals surface area contributed by atoms with Crippen molar-refractivity contribution >= 4 is 14.3 Å². The SMILES string of the molecule is CO[C@H]1C[C@@]2(O)/C(CO[Si](C)(C)C(C)(C)C)=C/C=C/[C@H](C)C/C(C)=C/C[C@@H]3C[C@@H](C[C@]4(CC[C@H](C)[C@@H](C)O4)O3)OC(=O)[C@@H]2C=C1C. The smallest absolute Gasteiger partial charge is 0.316 e. The summed E-state index contributed by atoms with van der Waals surface area (Å²) in [5, 5.41) is 12.7. The molecule has 0 aromatic carbocycles. The van der Waals surface area contributed by atoms with E-state index in [4.69, 9.17) is 23.4 Å². The number of fused-ring (bicyclic) bond motifs is 3. The summed E-state index contributed by atoms with van der Waals surface area (Å²) in [7, 11) is -0.525. The van der Waals surface area contributed by atoms with Crippen molar-refractivity contribution < 1.29 is 33.3 Å². The van der Waals surface area contributed by atoms with Gasteiger partial charge < -0.3 is 28.5 Å². The second-order valence-electron chi connectivity index (χ2n) is 16.3. The van der Waals surface area contributed by atoms with Gasteiger partial charge in [0.05, 0.1) is 24.9 Å². The van der Waals surface area contributed by atoms with E-state index in [-0.39, 0.29) is 48.4 Å². The molecule has 4 rings (SSSR count). The van der Waals surface area contributed by atoms with E-state index in [1.54, 1.807) is 7.11 Å². The van der Waals surface area contributed by atoms with Crippen LogP contribution in [0.2, 0.25) is 18.1 Å². The molecule has 0 aromatic heterocycles. The number of carbonyl (C=O) groups excluding carboxylic acids is 1. The Morgan fingerprint density at radius 1 is 1.09 bits per heavy atom. The van der Waals surface area contributed by atoms with E-state index in [1.807, 2.05) is 25.2 Å². The van der Waals surface area contributed by atoms with Gasteiger partial charge in [-0.1, -0.05) is 70.6 Å². The van der Waals surface area contributed by atoms with Crippen molar-refractivity contribution in [1.82, 2.24) is 0 Å². The first-order chi connectivity index (χ1) is 21.4. The zero-order valence-electron chi connectivity index (χ0n) is 30.5. The second-order valence-corrected chi connectivity index (χ2v) is 21.1. The fourth-order valence-electron chi connectivity index (χ4n) is 7.12. The molecule has 4 aliphatic rings. The molecule has 9 atom stereocenters. The number of esters is 1. The van der Waals surface area contributed by atoms with Gasteiger partial charge in [-0.15, -0.1) is 0 Å². The molecule has 3 aliphatic heterocycles. The Morgan fingerprint density at radius 2 is 1.80 bits per heavy atom. The average molecular weight is 659 g/mol. The Balaban J connectivity index is 1.77. The zero-order chi connectivity index (χ0) is 34.1. The second kappa shape index (κ2) is 14.5. The van der Waals surface area contributed by atoms with Crippen molar-refractivity contribution in [3.63, 3.8) is 0 Å². The summed E-state index contributed by atoms with van der Waals surface area (Å²) >= 11 is 0. The third-order valence-electron chi connectivity index (χ3n) is 11.5. The zero-order valence-corrected chi connectivity index (χ0v) is 31.5. The molecule has 2 fully saturated rings. The molecule has 46 heavy (non-hydrogen) atoms. The van der Waals surface area contributed by atoms with Gasteiger partial charge in [0.25, 0.3) is 0 Å². The molecule has 1 N–H and O–H groups in total. The molecule has 7 nitrogen and oxygen atoms in total. The maximum Gasteiger partial charge on any atom is 0.316 e. The van der Waals surface area contributed by atoms with Crippen LogP contribution in [0.3, 0.4) is 0 Å². The van der Waals surface area contributed by atoms with Crippen LogP contribution in [-0.4, -0.2) is 68.9 Å². The van der Waals surface area contributed by atoms with Crippen molar-refractivity contribution in [2.75, 3.05) is 13.7 Å².